The van der Waals surface area contributed by atoms with E-state index in [-0.39, 0.29) is 23.7 Å². The second-order valence-electron chi connectivity index (χ2n) is 16.0. The molecular weight excluding hydrogens is 520 g/mol. The van der Waals surface area contributed by atoms with E-state index in [2.05, 4.69) is 21.3 Å². The van der Waals surface area contributed by atoms with Crippen molar-refractivity contribution in [3.63, 3.8) is 0 Å². The van der Waals surface area contributed by atoms with Crippen LogP contribution in [0.1, 0.15) is 83.1 Å². The van der Waals surface area contributed by atoms with Crippen LogP contribution in [0.25, 0.3) is 0 Å². The molecule has 0 saturated heterocycles. The van der Waals surface area contributed by atoms with Gasteiger partial charge in [0.1, 0.15) is 22.4 Å². The molecule has 0 heterocycles. The molecule has 6 aliphatic carbocycles. The molecule has 12 nitrogen and oxygen atoms in total. The van der Waals surface area contributed by atoms with Crippen molar-refractivity contribution in [2.24, 2.45) is 23.7 Å². The van der Waals surface area contributed by atoms with Gasteiger partial charge < -0.3 is 40.2 Å². The minimum Gasteiger partial charge on any atom is -0.444 e. The fourth-order valence-corrected chi connectivity index (χ4v) is 8.95. The molecule has 6 aliphatic rings. The number of rotatable bonds is 4. The van der Waals surface area contributed by atoms with Crippen molar-refractivity contribution < 1.29 is 38.1 Å². The highest BCUT2D eigenvalue weighted by Crippen LogP contribution is 3.05. The number of ether oxygens (including phenoxy) is 4. The van der Waals surface area contributed by atoms with Crippen LogP contribution in [0.4, 0.5) is 19.2 Å². The molecular formula is C28H44N4O8. The molecule has 0 radical (unpaired) electrons. The standard InChI is InChI=1S/C28H44N4O8/c1-21(2,3)37-17(33)29-25-13-26(30-18(34)38-22(4,5)6)14(25)28(32-20(36)40-24(10,11)12)15(25)27(13,16(26)28)31-19(35)39-23(7,8)9/h13-16H,1-12H3,(H,29,33)(H,30,34)(H,31,35)(H,32,36). The topological polar surface area (TPSA) is 153 Å². The van der Waals surface area contributed by atoms with Crippen molar-refractivity contribution >= 4 is 24.4 Å². The van der Waals surface area contributed by atoms with Crippen LogP contribution in [0.2, 0.25) is 0 Å². The van der Waals surface area contributed by atoms with Crippen LogP contribution in [0.3, 0.4) is 0 Å². The van der Waals surface area contributed by atoms with E-state index in [1.165, 1.54) is 0 Å². The van der Waals surface area contributed by atoms with E-state index in [1.54, 1.807) is 83.1 Å². The van der Waals surface area contributed by atoms with Crippen LogP contribution < -0.4 is 21.3 Å². The van der Waals surface area contributed by atoms with Crippen molar-refractivity contribution in [2.45, 2.75) is 128 Å². The fourth-order valence-electron chi connectivity index (χ4n) is 8.95. The third kappa shape index (κ3) is 3.42. The minimum atomic E-state index is -0.796. The SMILES string of the molecule is CC(C)(C)OC(=O)NC12C3C4(NC(=O)OC(C)(C)C)C1C1(NC(=O)OC(C)(C)C)C2C3(NC(=O)OC(C)(C)C)C41. The van der Waals surface area contributed by atoms with E-state index in [0.29, 0.717) is 0 Å². The lowest BCUT2D eigenvalue weighted by atomic mass is 8.91. The lowest BCUT2D eigenvalue weighted by molar-refractivity contribution is -0.611. The number of nitrogens with one attached hydrogen (secondary N) is 4. The van der Waals surface area contributed by atoms with E-state index >= 15 is 0 Å². The highest BCUT2D eigenvalue weighted by molar-refractivity contribution is 5.89. The summed E-state index contributed by atoms with van der Waals surface area (Å²) in [6, 6.07) is 0. The Bertz CT molecular complexity index is 952. The van der Waals surface area contributed by atoms with Crippen molar-refractivity contribution in [3.8, 4) is 0 Å². The summed E-state index contributed by atoms with van der Waals surface area (Å²) >= 11 is 0. The molecule has 0 atom stereocenters. The second-order valence-corrected chi connectivity index (χ2v) is 16.0. The maximum atomic E-state index is 13.0. The lowest BCUT2D eigenvalue weighted by Crippen LogP contribution is -3.34. The summed E-state index contributed by atoms with van der Waals surface area (Å²) in [5.41, 5.74) is -6.09. The molecule has 0 spiro atoms. The molecule has 12 heteroatoms. The molecule has 0 aromatic carbocycles. The number of alkyl carbamates (subject to hydrolysis) is 4. The van der Waals surface area contributed by atoms with Gasteiger partial charge in [-0.3, -0.25) is 0 Å². The molecule has 40 heavy (non-hydrogen) atoms. The Hall–Kier alpha value is -2.92. The third-order valence-corrected chi connectivity index (χ3v) is 8.60. The first-order valence-electron chi connectivity index (χ1n) is 13.9. The Labute approximate surface area is 235 Å². The van der Waals surface area contributed by atoms with Gasteiger partial charge in [-0.15, -0.1) is 0 Å². The normalized spacial score (nSPS) is 39.3. The van der Waals surface area contributed by atoms with Gasteiger partial charge >= 0.3 is 24.4 Å². The van der Waals surface area contributed by atoms with Crippen molar-refractivity contribution in [1.29, 1.82) is 0 Å². The number of amides is 4. The highest BCUT2D eigenvalue weighted by Gasteiger charge is 3.22. The first-order chi connectivity index (χ1) is 17.9. The van der Waals surface area contributed by atoms with E-state index in [0.717, 1.165) is 0 Å². The molecule has 0 bridgehead atoms. The van der Waals surface area contributed by atoms with Crippen molar-refractivity contribution in [3.05, 3.63) is 0 Å². The van der Waals surface area contributed by atoms with Gasteiger partial charge in [0.2, 0.25) is 0 Å². The summed E-state index contributed by atoms with van der Waals surface area (Å²) in [5.74, 6) is -1.38. The molecule has 224 valence electrons. The van der Waals surface area contributed by atoms with Crippen LogP contribution in [0, 0.1) is 23.7 Å². The molecule has 0 aromatic heterocycles. The van der Waals surface area contributed by atoms with E-state index in [1.807, 2.05) is 0 Å². The summed E-state index contributed by atoms with van der Waals surface area (Å²) in [7, 11) is 0. The van der Waals surface area contributed by atoms with Crippen molar-refractivity contribution in [2.75, 3.05) is 0 Å². The van der Waals surface area contributed by atoms with Gasteiger partial charge in [0.25, 0.3) is 0 Å². The molecule has 6 rings (SSSR count). The zero-order valence-corrected chi connectivity index (χ0v) is 25.6. The van der Waals surface area contributed by atoms with Gasteiger partial charge in [0.15, 0.2) is 0 Å². The zero-order valence-electron chi connectivity index (χ0n) is 25.6. The monoisotopic (exact) mass is 564 g/mol. The Morgan fingerprint density at radius 2 is 0.550 bits per heavy atom. The van der Waals surface area contributed by atoms with Crippen molar-refractivity contribution in [1.82, 2.24) is 21.3 Å². The van der Waals surface area contributed by atoms with Gasteiger partial charge in [-0.1, -0.05) is 0 Å². The molecule has 4 N–H and O–H groups in total. The quantitative estimate of drug-likeness (QED) is 0.378. The zero-order chi connectivity index (χ0) is 30.3. The number of hydrogen-bond acceptors (Lipinski definition) is 8. The molecule has 4 amide bonds. The number of hydrogen-bond donors (Lipinski definition) is 4. The van der Waals surface area contributed by atoms with Gasteiger partial charge in [-0.05, 0) is 83.1 Å². The van der Waals surface area contributed by atoms with Gasteiger partial charge in [0.05, 0.1) is 22.2 Å². The minimum absolute atomic E-state index is 0.345. The first kappa shape index (κ1) is 28.6. The third-order valence-electron chi connectivity index (χ3n) is 8.60. The summed E-state index contributed by atoms with van der Waals surface area (Å²) in [5, 5.41) is 12.3. The van der Waals surface area contributed by atoms with Gasteiger partial charge in [-0.25, -0.2) is 19.2 Å². The molecule has 0 aliphatic heterocycles. The van der Waals surface area contributed by atoms with Crippen LogP contribution >= 0.6 is 0 Å². The van der Waals surface area contributed by atoms with Gasteiger partial charge in [0, 0.05) is 23.7 Å². The van der Waals surface area contributed by atoms with E-state index in [4.69, 9.17) is 18.9 Å². The molecule has 6 saturated carbocycles. The molecule has 0 aromatic rings. The Balaban J connectivity index is 1.48. The fraction of sp³-hybridized carbons (Fsp3) is 0.857. The van der Waals surface area contributed by atoms with E-state index in [9.17, 15) is 19.2 Å². The van der Waals surface area contributed by atoms with Crippen LogP contribution in [-0.2, 0) is 18.9 Å². The van der Waals surface area contributed by atoms with Gasteiger partial charge in [-0.2, -0.15) is 0 Å². The number of carbonyl (C=O) groups is 4. The van der Waals surface area contributed by atoms with Crippen LogP contribution in [0.15, 0.2) is 0 Å². The Morgan fingerprint density at radius 1 is 0.400 bits per heavy atom. The summed E-state index contributed by atoms with van der Waals surface area (Å²) in [4.78, 5) is 52.1. The summed E-state index contributed by atoms with van der Waals surface area (Å²) in [6.45, 7) is 21.3. The average Bonchev–Trinajstić information content (AvgIpc) is 2.59. The van der Waals surface area contributed by atoms with Crippen LogP contribution in [0.5, 0.6) is 0 Å². The maximum absolute atomic E-state index is 13.0. The first-order valence-corrected chi connectivity index (χ1v) is 13.9. The second kappa shape index (κ2) is 7.47. The molecule has 0 unspecified atom stereocenters. The average molecular weight is 565 g/mol. The number of carbonyl (C=O) groups excluding carboxylic acids is 4. The lowest BCUT2D eigenvalue weighted by Gasteiger charge is -3.15. The summed E-state index contributed by atoms with van der Waals surface area (Å²) < 4.78 is 22.3. The Kier molecular flexibility index (Phi) is 5.34. The van der Waals surface area contributed by atoms with E-state index < -0.39 is 68.9 Å². The predicted octanol–water partition coefficient (Wildman–Crippen LogP) is 3.57. The molecule has 6 fully saturated rings. The predicted molar refractivity (Wildman–Crippen MR) is 142 cm³/mol. The smallest absolute Gasteiger partial charge is 0.408 e. The largest absolute Gasteiger partial charge is 0.444 e. The maximum Gasteiger partial charge on any atom is 0.408 e. The van der Waals surface area contributed by atoms with Crippen LogP contribution in [-0.4, -0.2) is 68.9 Å². The summed E-state index contributed by atoms with van der Waals surface area (Å²) in [6.07, 6.45) is -2.41. The Morgan fingerprint density at radius 3 is 0.675 bits per heavy atom. The highest BCUT2D eigenvalue weighted by atomic mass is 16.6.